The lowest BCUT2D eigenvalue weighted by atomic mass is 10.2. The number of ether oxygens (including phenoxy) is 3. The first-order chi connectivity index (χ1) is 9.85. The van der Waals surface area contributed by atoms with Gasteiger partial charge >= 0.3 is 0 Å². The predicted molar refractivity (Wildman–Crippen MR) is 74.2 cm³/mol. The van der Waals surface area contributed by atoms with Crippen LogP contribution in [0.25, 0.3) is 0 Å². The summed E-state index contributed by atoms with van der Waals surface area (Å²) < 4.78 is 16.8. The second-order valence-corrected chi connectivity index (χ2v) is 4.62. The number of fused-ring (bicyclic) bond motifs is 1. The summed E-state index contributed by atoms with van der Waals surface area (Å²) in [6, 6.07) is 15.4. The summed E-state index contributed by atoms with van der Waals surface area (Å²) >= 11 is 0. The molecule has 0 spiro atoms. The Morgan fingerprint density at radius 1 is 1.10 bits per heavy atom. The Bertz CT molecular complexity index is 568. The largest absolute Gasteiger partial charge is 0.489 e. The molecule has 0 aromatic heterocycles. The fourth-order valence-electron chi connectivity index (χ4n) is 2.02. The van der Waals surface area contributed by atoms with Crippen molar-refractivity contribution < 1.29 is 19.3 Å². The maximum atomic E-state index is 9.05. The van der Waals surface area contributed by atoms with Gasteiger partial charge in [0.25, 0.3) is 0 Å². The van der Waals surface area contributed by atoms with Crippen molar-refractivity contribution >= 4 is 0 Å². The molecule has 0 radical (unpaired) electrons. The lowest BCUT2D eigenvalue weighted by Crippen LogP contribution is -2.32. The molecular weight excluding hydrogens is 256 g/mol. The molecule has 2 aromatic carbocycles. The summed E-state index contributed by atoms with van der Waals surface area (Å²) in [5.41, 5.74) is 1.11. The maximum absolute atomic E-state index is 9.05. The molecule has 1 aliphatic heterocycles. The van der Waals surface area contributed by atoms with Crippen molar-refractivity contribution in [2.24, 2.45) is 0 Å². The van der Waals surface area contributed by atoms with Crippen LogP contribution in [-0.4, -0.2) is 24.4 Å². The first-order valence-corrected chi connectivity index (χ1v) is 6.56. The zero-order valence-corrected chi connectivity index (χ0v) is 11.0. The first-order valence-electron chi connectivity index (χ1n) is 6.56. The van der Waals surface area contributed by atoms with E-state index in [0.717, 1.165) is 11.3 Å². The highest BCUT2D eigenvalue weighted by molar-refractivity contribution is 5.46. The van der Waals surface area contributed by atoms with Crippen LogP contribution >= 0.6 is 0 Å². The molecule has 1 heterocycles. The number of hydrogen-bond donors (Lipinski definition) is 1. The van der Waals surface area contributed by atoms with Crippen molar-refractivity contribution in [3.8, 4) is 17.2 Å². The van der Waals surface area contributed by atoms with Gasteiger partial charge < -0.3 is 19.3 Å². The Hall–Kier alpha value is -2.20. The van der Waals surface area contributed by atoms with E-state index >= 15 is 0 Å². The van der Waals surface area contributed by atoms with Crippen LogP contribution in [0.3, 0.4) is 0 Å². The van der Waals surface area contributed by atoms with Crippen molar-refractivity contribution in [3.63, 3.8) is 0 Å². The average molecular weight is 272 g/mol. The molecule has 1 aliphatic rings. The quantitative estimate of drug-likeness (QED) is 0.928. The number of rotatable bonds is 4. The fourth-order valence-corrected chi connectivity index (χ4v) is 2.02. The van der Waals surface area contributed by atoms with Gasteiger partial charge in [0.1, 0.15) is 19.0 Å². The van der Waals surface area contributed by atoms with Gasteiger partial charge in [-0.3, -0.25) is 0 Å². The Morgan fingerprint density at radius 3 is 2.75 bits per heavy atom. The van der Waals surface area contributed by atoms with Crippen molar-refractivity contribution in [3.05, 3.63) is 54.1 Å². The molecule has 0 unspecified atom stereocenters. The molecule has 0 amide bonds. The van der Waals surface area contributed by atoms with Gasteiger partial charge in [-0.1, -0.05) is 30.3 Å². The Labute approximate surface area is 117 Å². The molecule has 0 fully saturated rings. The van der Waals surface area contributed by atoms with Crippen LogP contribution < -0.4 is 14.2 Å². The number of aliphatic hydroxyl groups is 1. The van der Waals surface area contributed by atoms with Crippen molar-refractivity contribution in [1.29, 1.82) is 0 Å². The third kappa shape index (κ3) is 2.86. The standard InChI is InChI=1S/C16H16O4/c17-9-14-11-19-16-8-13(6-7-15(16)20-14)18-10-12-4-2-1-3-5-12/h1-8,14,17H,9-11H2/t14-/m0/s1. The lowest BCUT2D eigenvalue weighted by molar-refractivity contribution is 0.0453. The molecule has 20 heavy (non-hydrogen) atoms. The molecule has 0 bridgehead atoms. The molecule has 4 nitrogen and oxygen atoms in total. The van der Waals surface area contributed by atoms with E-state index in [2.05, 4.69) is 0 Å². The molecule has 4 heteroatoms. The van der Waals surface area contributed by atoms with Crippen LogP contribution in [0.2, 0.25) is 0 Å². The van der Waals surface area contributed by atoms with Gasteiger partial charge in [0.2, 0.25) is 0 Å². The van der Waals surface area contributed by atoms with E-state index in [1.54, 1.807) is 6.07 Å². The minimum absolute atomic E-state index is 0.0499. The fraction of sp³-hybridized carbons (Fsp3) is 0.250. The van der Waals surface area contributed by atoms with Gasteiger partial charge in [-0.25, -0.2) is 0 Å². The van der Waals surface area contributed by atoms with E-state index in [0.29, 0.717) is 24.7 Å². The first kappa shape index (κ1) is 12.8. The summed E-state index contributed by atoms with van der Waals surface area (Å²) in [5, 5.41) is 9.05. The van der Waals surface area contributed by atoms with E-state index in [1.165, 1.54) is 0 Å². The van der Waals surface area contributed by atoms with Crippen LogP contribution in [0.1, 0.15) is 5.56 Å². The highest BCUT2D eigenvalue weighted by atomic mass is 16.6. The topological polar surface area (TPSA) is 47.9 Å². The summed E-state index contributed by atoms with van der Waals surface area (Å²) in [6.07, 6.45) is -0.293. The van der Waals surface area contributed by atoms with Gasteiger partial charge in [0.15, 0.2) is 17.6 Å². The monoisotopic (exact) mass is 272 g/mol. The molecule has 0 saturated heterocycles. The van der Waals surface area contributed by atoms with Crippen LogP contribution in [0.4, 0.5) is 0 Å². The molecular formula is C16H16O4. The molecule has 0 saturated carbocycles. The predicted octanol–water partition coefficient (Wildman–Crippen LogP) is 2.40. The molecule has 2 aromatic rings. The van der Waals surface area contributed by atoms with E-state index in [4.69, 9.17) is 19.3 Å². The maximum Gasteiger partial charge on any atom is 0.165 e. The molecule has 0 aliphatic carbocycles. The van der Waals surface area contributed by atoms with E-state index < -0.39 is 0 Å². The zero-order valence-electron chi connectivity index (χ0n) is 11.0. The minimum Gasteiger partial charge on any atom is -0.489 e. The van der Waals surface area contributed by atoms with E-state index in [9.17, 15) is 0 Å². The number of aliphatic hydroxyl groups excluding tert-OH is 1. The van der Waals surface area contributed by atoms with Crippen LogP contribution in [0.15, 0.2) is 48.5 Å². The van der Waals surface area contributed by atoms with E-state index in [1.807, 2.05) is 42.5 Å². The van der Waals surface area contributed by atoms with Gasteiger partial charge in [-0.05, 0) is 17.7 Å². The summed E-state index contributed by atoms with van der Waals surface area (Å²) in [7, 11) is 0. The summed E-state index contributed by atoms with van der Waals surface area (Å²) in [5.74, 6) is 2.03. The Kier molecular flexibility index (Phi) is 3.74. The Morgan fingerprint density at radius 2 is 1.95 bits per heavy atom. The normalized spacial score (nSPS) is 16.8. The minimum atomic E-state index is -0.293. The number of benzene rings is 2. The van der Waals surface area contributed by atoms with Crippen LogP contribution in [-0.2, 0) is 6.61 Å². The third-order valence-electron chi connectivity index (χ3n) is 3.09. The second kappa shape index (κ2) is 5.84. The molecule has 1 N–H and O–H groups in total. The number of hydrogen-bond acceptors (Lipinski definition) is 4. The van der Waals surface area contributed by atoms with Crippen LogP contribution in [0.5, 0.6) is 17.2 Å². The van der Waals surface area contributed by atoms with Gasteiger partial charge in [-0.2, -0.15) is 0 Å². The average Bonchev–Trinajstić information content (AvgIpc) is 2.53. The third-order valence-corrected chi connectivity index (χ3v) is 3.09. The van der Waals surface area contributed by atoms with Gasteiger partial charge in [-0.15, -0.1) is 0 Å². The molecule has 3 rings (SSSR count). The highest BCUT2D eigenvalue weighted by Crippen LogP contribution is 2.35. The van der Waals surface area contributed by atoms with Crippen molar-refractivity contribution in [1.82, 2.24) is 0 Å². The van der Waals surface area contributed by atoms with Crippen molar-refractivity contribution in [2.75, 3.05) is 13.2 Å². The van der Waals surface area contributed by atoms with Gasteiger partial charge in [0, 0.05) is 6.07 Å². The SMILES string of the molecule is OC[C@H]1COc2cc(OCc3ccccc3)ccc2O1. The summed E-state index contributed by atoms with van der Waals surface area (Å²) in [6.45, 7) is 0.817. The second-order valence-electron chi connectivity index (χ2n) is 4.62. The van der Waals surface area contributed by atoms with Gasteiger partial charge in [0.05, 0.1) is 6.61 Å². The molecule has 1 atom stereocenters. The Balaban J connectivity index is 1.67. The van der Waals surface area contributed by atoms with Crippen molar-refractivity contribution in [2.45, 2.75) is 12.7 Å². The zero-order chi connectivity index (χ0) is 13.8. The smallest absolute Gasteiger partial charge is 0.165 e. The lowest BCUT2D eigenvalue weighted by Gasteiger charge is -2.25. The highest BCUT2D eigenvalue weighted by Gasteiger charge is 2.20. The summed E-state index contributed by atoms with van der Waals surface area (Å²) in [4.78, 5) is 0. The molecule has 104 valence electrons. The van der Waals surface area contributed by atoms with E-state index in [-0.39, 0.29) is 12.7 Å². The van der Waals surface area contributed by atoms with Crippen LogP contribution in [0, 0.1) is 0 Å².